The van der Waals surface area contributed by atoms with E-state index in [9.17, 15) is 4.39 Å². The average molecular weight is 347 g/mol. The van der Waals surface area contributed by atoms with Crippen LogP contribution in [0, 0.1) is 5.82 Å². The van der Waals surface area contributed by atoms with Crippen molar-refractivity contribution in [3.63, 3.8) is 0 Å². The predicted molar refractivity (Wildman–Crippen MR) is 89.2 cm³/mol. The van der Waals surface area contributed by atoms with Gasteiger partial charge in [0, 0.05) is 22.6 Å². The smallest absolute Gasteiger partial charge is 0.210 e. The quantitative estimate of drug-likeness (QED) is 0.566. The summed E-state index contributed by atoms with van der Waals surface area (Å²) in [5, 5.41) is 11.9. The summed E-state index contributed by atoms with van der Waals surface area (Å²) in [7, 11) is 0. The highest BCUT2D eigenvalue weighted by molar-refractivity contribution is 7.98. The molecule has 0 bridgehead atoms. The second-order valence-corrected chi connectivity index (χ2v) is 7.23. The van der Waals surface area contributed by atoms with Crippen molar-refractivity contribution in [2.75, 3.05) is 5.84 Å². The fourth-order valence-corrected chi connectivity index (χ4v) is 3.93. The normalized spacial score (nSPS) is 14.3. The van der Waals surface area contributed by atoms with Crippen LogP contribution in [-0.2, 0) is 5.75 Å². The molecule has 2 aromatic heterocycles. The van der Waals surface area contributed by atoms with Crippen LogP contribution in [-0.4, -0.2) is 19.9 Å². The van der Waals surface area contributed by atoms with E-state index in [-0.39, 0.29) is 5.82 Å². The van der Waals surface area contributed by atoms with E-state index >= 15 is 0 Å². The van der Waals surface area contributed by atoms with Crippen molar-refractivity contribution in [1.29, 1.82) is 0 Å². The van der Waals surface area contributed by atoms with E-state index in [2.05, 4.69) is 15.2 Å². The van der Waals surface area contributed by atoms with Gasteiger partial charge in [0.15, 0.2) is 5.82 Å². The van der Waals surface area contributed by atoms with Crippen molar-refractivity contribution >= 4 is 23.1 Å². The number of thioether (sulfide) groups is 1. The number of halogens is 1. The Labute approximate surface area is 140 Å². The van der Waals surface area contributed by atoms with Gasteiger partial charge in [-0.05, 0) is 37.1 Å². The van der Waals surface area contributed by atoms with Gasteiger partial charge in [-0.25, -0.2) is 14.1 Å². The molecule has 4 rings (SSSR count). The van der Waals surface area contributed by atoms with Crippen molar-refractivity contribution in [2.24, 2.45) is 0 Å². The van der Waals surface area contributed by atoms with E-state index in [0.717, 1.165) is 34.9 Å². The molecule has 0 spiro atoms. The first-order chi connectivity index (χ1) is 11.2. The minimum absolute atomic E-state index is 0.241. The second kappa shape index (κ2) is 5.93. The maximum absolute atomic E-state index is 13.0. The van der Waals surface area contributed by atoms with Crippen molar-refractivity contribution in [2.45, 2.75) is 29.7 Å². The molecule has 1 fully saturated rings. The third-order valence-electron chi connectivity index (χ3n) is 3.63. The first-order valence-electron chi connectivity index (χ1n) is 7.24. The summed E-state index contributed by atoms with van der Waals surface area (Å²) in [5.41, 5.74) is 1.88. The van der Waals surface area contributed by atoms with Crippen LogP contribution in [0.2, 0.25) is 0 Å². The highest BCUT2D eigenvalue weighted by atomic mass is 32.2. The number of nitrogen functional groups attached to an aromatic ring is 1. The molecule has 1 saturated carbocycles. The maximum Gasteiger partial charge on any atom is 0.210 e. The zero-order chi connectivity index (χ0) is 15.8. The number of hydrogen-bond donors (Lipinski definition) is 1. The lowest BCUT2D eigenvalue weighted by Gasteiger charge is -2.01. The van der Waals surface area contributed by atoms with Crippen LogP contribution in [0.4, 0.5) is 4.39 Å². The van der Waals surface area contributed by atoms with Crippen molar-refractivity contribution in [1.82, 2.24) is 19.9 Å². The van der Waals surface area contributed by atoms with Crippen LogP contribution in [0.5, 0.6) is 0 Å². The molecule has 0 aliphatic heterocycles. The number of rotatable bonds is 5. The third-order valence-corrected chi connectivity index (χ3v) is 5.54. The Morgan fingerprint density at radius 1 is 1.26 bits per heavy atom. The van der Waals surface area contributed by atoms with E-state index in [1.54, 1.807) is 28.1 Å². The molecule has 8 heteroatoms. The summed E-state index contributed by atoms with van der Waals surface area (Å²) >= 11 is 3.07. The Kier molecular flexibility index (Phi) is 3.78. The number of thiazole rings is 1. The van der Waals surface area contributed by atoms with Crippen molar-refractivity contribution < 1.29 is 4.39 Å². The Morgan fingerprint density at radius 2 is 2.04 bits per heavy atom. The molecule has 1 aromatic carbocycles. The maximum atomic E-state index is 13.0. The van der Waals surface area contributed by atoms with Crippen LogP contribution >= 0.6 is 23.1 Å². The number of hydrogen-bond acceptors (Lipinski definition) is 6. The van der Waals surface area contributed by atoms with Gasteiger partial charge >= 0.3 is 0 Å². The molecule has 2 N–H and O–H groups in total. The molecule has 5 nitrogen and oxygen atoms in total. The van der Waals surface area contributed by atoms with Crippen LogP contribution in [0.3, 0.4) is 0 Å². The summed E-state index contributed by atoms with van der Waals surface area (Å²) < 4.78 is 14.6. The number of benzene rings is 1. The summed E-state index contributed by atoms with van der Waals surface area (Å²) in [6, 6.07) is 6.37. The van der Waals surface area contributed by atoms with E-state index in [1.165, 1.54) is 23.9 Å². The van der Waals surface area contributed by atoms with E-state index in [4.69, 9.17) is 5.84 Å². The molecule has 0 amide bonds. The van der Waals surface area contributed by atoms with Gasteiger partial charge in [-0.15, -0.1) is 21.5 Å². The number of nitrogens with zero attached hydrogens (tertiary/aromatic N) is 4. The van der Waals surface area contributed by atoms with Crippen LogP contribution in [0.15, 0.2) is 34.8 Å². The summed E-state index contributed by atoms with van der Waals surface area (Å²) in [6.45, 7) is 0. The van der Waals surface area contributed by atoms with Gasteiger partial charge in [0.2, 0.25) is 5.16 Å². The minimum Gasteiger partial charge on any atom is -0.336 e. The van der Waals surface area contributed by atoms with E-state index in [1.807, 2.05) is 5.38 Å². The number of aromatic nitrogens is 4. The average Bonchev–Trinajstić information content (AvgIpc) is 3.17. The van der Waals surface area contributed by atoms with Gasteiger partial charge in [-0.2, -0.15) is 0 Å². The molecule has 23 heavy (non-hydrogen) atoms. The summed E-state index contributed by atoms with van der Waals surface area (Å²) in [6.07, 6.45) is 2.29. The SMILES string of the molecule is Nn1c(SCc2csc(-c3ccc(F)cc3)n2)nnc1C1CC1. The number of nitrogens with two attached hydrogens (primary N) is 1. The Bertz CT molecular complexity index is 823. The molecule has 2 heterocycles. The molecule has 1 aliphatic rings. The van der Waals surface area contributed by atoms with Gasteiger partial charge in [0.05, 0.1) is 5.69 Å². The molecule has 0 unspecified atom stereocenters. The lowest BCUT2D eigenvalue weighted by molar-refractivity contribution is 0.628. The fraction of sp³-hybridized carbons (Fsp3) is 0.267. The molecule has 0 saturated heterocycles. The van der Waals surface area contributed by atoms with Crippen molar-refractivity contribution in [3.8, 4) is 10.6 Å². The van der Waals surface area contributed by atoms with Gasteiger partial charge < -0.3 is 5.84 Å². The standard InChI is InChI=1S/C15H14FN5S2/c16-11-5-3-10(4-6-11)14-18-12(7-22-14)8-23-15-20-19-13(21(15)17)9-1-2-9/h3-7,9H,1-2,8,17H2. The highest BCUT2D eigenvalue weighted by Gasteiger charge is 2.29. The molecule has 1 aliphatic carbocycles. The largest absolute Gasteiger partial charge is 0.336 e. The summed E-state index contributed by atoms with van der Waals surface area (Å²) in [4.78, 5) is 4.59. The zero-order valence-corrected chi connectivity index (χ0v) is 13.8. The Hall–Kier alpha value is -1.93. The monoisotopic (exact) mass is 347 g/mol. The Balaban J connectivity index is 1.44. The topological polar surface area (TPSA) is 69.6 Å². The lowest BCUT2D eigenvalue weighted by atomic mass is 10.2. The van der Waals surface area contributed by atoms with Crippen LogP contribution in [0.1, 0.15) is 30.3 Å². The zero-order valence-electron chi connectivity index (χ0n) is 12.1. The first-order valence-corrected chi connectivity index (χ1v) is 9.11. The van der Waals surface area contributed by atoms with Gasteiger partial charge in [0.1, 0.15) is 10.8 Å². The fourth-order valence-electron chi connectivity index (χ4n) is 2.24. The van der Waals surface area contributed by atoms with Crippen molar-refractivity contribution in [3.05, 3.63) is 47.0 Å². The molecular formula is C15H14FN5S2. The first kappa shape index (κ1) is 14.6. The molecular weight excluding hydrogens is 333 g/mol. The predicted octanol–water partition coefficient (Wildman–Crippen LogP) is 3.42. The lowest BCUT2D eigenvalue weighted by Crippen LogP contribution is -2.13. The van der Waals surface area contributed by atoms with Gasteiger partial charge in [-0.3, -0.25) is 0 Å². The molecule has 0 radical (unpaired) electrons. The van der Waals surface area contributed by atoms with Crippen LogP contribution < -0.4 is 5.84 Å². The summed E-state index contributed by atoms with van der Waals surface area (Å²) in [5.74, 6) is 7.82. The third kappa shape index (κ3) is 3.09. The van der Waals surface area contributed by atoms with Crippen LogP contribution in [0.25, 0.3) is 10.6 Å². The molecule has 0 atom stereocenters. The van der Waals surface area contributed by atoms with E-state index in [0.29, 0.717) is 16.8 Å². The second-order valence-electron chi connectivity index (χ2n) is 5.42. The van der Waals surface area contributed by atoms with E-state index < -0.39 is 0 Å². The van der Waals surface area contributed by atoms with Gasteiger partial charge in [0.25, 0.3) is 0 Å². The minimum atomic E-state index is -0.241. The molecule has 3 aromatic rings. The van der Waals surface area contributed by atoms with Gasteiger partial charge in [-0.1, -0.05) is 11.8 Å². The molecule has 118 valence electrons. The Morgan fingerprint density at radius 3 is 2.78 bits per heavy atom. The highest BCUT2D eigenvalue weighted by Crippen LogP contribution is 2.39.